The van der Waals surface area contributed by atoms with Crippen LogP contribution in [0.25, 0.3) is 10.9 Å². The van der Waals surface area contributed by atoms with Gasteiger partial charge in [-0.25, -0.2) is 4.99 Å². The lowest BCUT2D eigenvalue weighted by Gasteiger charge is -2.29. The zero-order valence-electron chi connectivity index (χ0n) is 16.4. The van der Waals surface area contributed by atoms with Crippen LogP contribution in [0.2, 0.25) is 0 Å². The molecule has 1 saturated heterocycles. The van der Waals surface area contributed by atoms with Gasteiger partial charge in [0, 0.05) is 44.3 Å². The molecule has 146 valence electrons. The van der Waals surface area contributed by atoms with E-state index in [0.29, 0.717) is 12.5 Å². The van der Waals surface area contributed by atoms with Crippen molar-refractivity contribution in [2.45, 2.75) is 20.4 Å². The van der Waals surface area contributed by atoms with Gasteiger partial charge in [0.2, 0.25) is 0 Å². The third-order valence-electron chi connectivity index (χ3n) is 4.78. The maximum atomic E-state index is 5.43. The Balaban J connectivity index is 1.57. The van der Waals surface area contributed by atoms with Gasteiger partial charge >= 0.3 is 0 Å². The highest BCUT2D eigenvalue weighted by Gasteiger charge is 2.14. The molecule has 2 heterocycles. The van der Waals surface area contributed by atoms with Gasteiger partial charge in [-0.05, 0) is 30.5 Å². The number of morpholine rings is 1. The smallest absolute Gasteiger partial charge is 0.191 e. The van der Waals surface area contributed by atoms with E-state index in [9.17, 15) is 0 Å². The number of aromatic nitrogens is 1. The average Bonchev–Trinajstić information content (AvgIpc) is 2.71. The number of rotatable bonds is 7. The summed E-state index contributed by atoms with van der Waals surface area (Å²) in [5.74, 6) is 1.42. The van der Waals surface area contributed by atoms with E-state index in [1.54, 1.807) is 0 Å². The van der Waals surface area contributed by atoms with Gasteiger partial charge in [-0.1, -0.05) is 25.1 Å². The molecule has 1 unspecified atom stereocenters. The fourth-order valence-corrected chi connectivity index (χ4v) is 3.36. The molecule has 3 rings (SSSR count). The molecular weight excluding hydrogens is 338 g/mol. The van der Waals surface area contributed by atoms with Crippen LogP contribution in [0.1, 0.15) is 19.4 Å². The monoisotopic (exact) mass is 369 g/mol. The van der Waals surface area contributed by atoms with E-state index in [4.69, 9.17) is 9.73 Å². The van der Waals surface area contributed by atoms with Crippen LogP contribution in [0, 0.1) is 5.92 Å². The van der Waals surface area contributed by atoms with Gasteiger partial charge in [-0.15, -0.1) is 0 Å². The summed E-state index contributed by atoms with van der Waals surface area (Å²) in [6.07, 6.45) is 1.86. The highest BCUT2D eigenvalue weighted by atomic mass is 16.5. The van der Waals surface area contributed by atoms with E-state index >= 15 is 0 Å². The summed E-state index contributed by atoms with van der Waals surface area (Å²) < 4.78 is 5.43. The number of hydrogen-bond acceptors (Lipinski definition) is 4. The van der Waals surface area contributed by atoms with Gasteiger partial charge in [0.1, 0.15) is 0 Å². The van der Waals surface area contributed by atoms with Crippen molar-refractivity contribution >= 4 is 16.9 Å². The minimum Gasteiger partial charge on any atom is -0.379 e. The zero-order chi connectivity index (χ0) is 18.9. The van der Waals surface area contributed by atoms with Crippen LogP contribution in [0.5, 0.6) is 0 Å². The van der Waals surface area contributed by atoms with E-state index in [1.165, 1.54) is 10.9 Å². The molecule has 2 N–H and O–H groups in total. The Kier molecular flexibility index (Phi) is 7.42. The van der Waals surface area contributed by atoms with Gasteiger partial charge in [0.05, 0.1) is 25.3 Å². The van der Waals surface area contributed by atoms with Crippen molar-refractivity contribution in [3.63, 3.8) is 0 Å². The molecule has 0 spiro atoms. The Labute approximate surface area is 162 Å². The first-order valence-electron chi connectivity index (χ1n) is 9.91. The molecule has 1 aliphatic heterocycles. The average molecular weight is 370 g/mol. The Hall–Kier alpha value is -2.18. The predicted octanol–water partition coefficient (Wildman–Crippen LogP) is 2.26. The maximum Gasteiger partial charge on any atom is 0.191 e. The van der Waals surface area contributed by atoms with Crippen LogP contribution in [-0.2, 0) is 11.3 Å². The third kappa shape index (κ3) is 5.91. The molecule has 1 atom stereocenters. The number of guanidine groups is 1. The number of ether oxygens (including phenoxy) is 1. The van der Waals surface area contributed by atoms with Crippen molar-refractivity contribution < 1.29 is 4.74 Å². The van der Waals surface area contributed by atoms with E-state index in [-0.39, 0.29) is 0 Å². The second kappa shape index (κ2) is 10.2. The summed E-state index contributed by atoms with van der Waals surface area (Å²) in [6, 6.07) is 10.3. The zero-order valence-corrected chi connectivity index (χ0v) is 16.4. The quantitative estimate of drug-likeness (QED) is 0.579. The molecule has 1 aromatic heterocycles. The predicted molar refractivity (Wildman–Crippen MR) is 111 cm³/mol. The largest absolute Gasteiger partial charge is 0.379 e. The molecule has 0 bridgehead atoms. The van der Waals surface area contributed by atoms with E-state index in [0.717, 1.165) is 57.4 Å². The lowest BCUT2D eigenvalue weighted by molar-refractivity contribution is 0.0320. The molecule has 6 heteroatoms. The molecule has 6 nitrogen and oxygen atoms in total. The molecule has 0 aliphatic carbocycles. The van der Waals surface area contributed by atoms with Gasteiger partial charge < -0.3 is 15.4 Å². The van der Waals surface area contributed by atoms with Crippen molar-refractivity contribution in [2.24, 2.45) is 10.9 Å². The summed E-state index contributed by atoms with van der Waals surface area (Å²) in [6.45, 7) is 11.6. The van der Waals surface area contributed by atoms with Crippen molar-refractivity contribution in [3.8, 4) is 0 Å². The lowest BCUT2D eigenvalue weighted by atomic mass is 10.1. The van der Waals surface area contributed by atoms with Crippen molar-refractivity contribution in [1.82, 2.24) is 20.5 Å². The Morgan fingerprint density at radius 1 is 1.22 bits per heavy atom. The summed E-state index contributed by atoms with van der Waals surface area (Å²) in [5, 5.41) is 8.01. The van der Waals surface area contributed by atoms with Gasteiger partial charge in [-0.3, -0.25) is 9.88 Å². The second-order valence-electron chi connectivity index (χ2n) is 7.08. The molecule has 1 fully saturated rings. The summed E-state index contributed by atoms with van der Waals surface area (Å²) in [7, 11) is 0. The van der Waals surface area contributed by atoms with Gasteiger partial charge in [0.25, 0.3) is 0 Å². The van der Waals surface area contributed by atoms with Gasteiger partial charge in [-0.2, -0.15) is 0 Å². The van der Waals surface area contributed by atoms with Crippen LogP contribution in [0.15, 0.2) is 41.5 Å². The summed E-state index contributed by atoms with van der Waals surface area (Å²) in [4.78, 5) is 11.7. The third-order valence-corrected chi connectivity index (χ3v) is 4.78. The molecular formula is C21H31N5O. The molecule has 27 heavy (non-hydrogen) atoms. The second-order valence-corrected chi connectivity index (χ2v) is 7.08. The molecule has 0 radical (unpaired) electrons. The molecule has 1 aliphatic rings. The number of nitrogens with zero attached hydrogens (tertiary/aromatic N) is 3. The molecule has 0 saturated carbocycles. The number of pyridine rings is 1. The van der Waals surface area contributed by atoms with Crippen LogP contribution in [0.3, 0.4) is 0 Å². The number of aliphatic imine (C=N–C) groups is 1. The van der Waals surface area contributed by atoms with Crippen LogP contribution < -0.4 is 10.6 Å². The minimum absolute atomic E-state index is 0.550. The first-order valence-corrected chi connectivity index (χ1v) is 9.91. The Morgan fingerprint density at radius 2 is 2.04 bits per heavy atom. The molecule has 1 aromatic carbocycles. The van der Waals surface area contributed by atoms with Crippen LogP contribution in [0.4, 0.5) is 0 Å². The first-order chi connectivity index (χ1) is 13.3. The molecule has 2 aromatic rings. The Bertz CT molecular complexity index is 737. The van der Waals surface area contributed by atoms with Crippen molar-refractivity contribution in [3.05, 3.63) is 42.1 Å². The molecule has 0 amide bonds. The highest BCUT2D eigenvalue weighted by molar-refractivity contribution is 5.83. The number of hydrogen-bond donors (Lipinski definition) is 2. The number of nitrogens with one attached hydrogen (secondary N) is 2. The topological polar surface area (TPSA) is 61.8 Å². The van der Waals surface area contributed by atoms with Gasteiger partial charge in [0.15, 0.2) is 5.96 Å². The van der Waals surface area contributed by atoms with E-state index in [2.05, 4.69) is 46.5 Å². The number of para-hydroxylation sites is 1. The lowest BCUT2D eigenvalue weighted by Crippen LogP contribution is -2.44. The van der Waals surface area contributed by atoms with Crippen LogP contribution in [-0.4, -0.2) is 61.8 Å². The van der Waals surface area contributed by atoms with E-state index in [1.807, 2.05) is 24.4 Å². The first kappa shape index (κ1) is 19.6. The summed E-state index contributed by atoms with van der Waals surface area (Å²) >= 11 is 0. The number of benzene rings is 1. The number of fused-ring (bicyclic) bond motifs is 1. The highest BCUT2D eigenvalue weighted by Crippen LogP contribution is 2.16. The van der Waals surface area contributed by atoms with Crippen LogP contribution >= 0.6 is 0 Å². The maximum absolute atomic E-state index is 5.43. The fourth-order valence-electron chi connectivity index (χ4n) is 3.36. The van der Waals surface area contributed by atoms with Crippen molar-refractivity contribution in [2.75, 3.05) is 45.9 Å². The van der Waals surface area contributed by atoms with E-state index < -0.39 is 0 Å². The summed E-state index contributed by atoms with van der Waals surface area (Å²) in [5.41, 5.74) is 2.21. The Morgan fingerprint density at radius 3 is 2.85 bits per heavy atom. The SMILES string of the molecule is CCNC(=NCc1ccnc2ccccc12)NCC(C)CN1CCOCC1. The minimum atomic E-state index is 0.550. The fraction of sp³-hybridized carbons (Fsp3) is 0.524. The standard InChI is InChI=1S/C21H31N5O/c1-3-22-21(24-14-17(2)16-26-10-12-27-13-11-26)25-15-18-8-9-23-20-7-5-4-6-19(18)20/h4-9,17H,3,10-16H2,1-2H3,(H2,22,24,25). The normalized spacial score (nSPS) is 17.0. The van der Waals surface area contributed by atoms with Crippen molar-refractivity contribution in [1.29, 1.82) is 0 Å².